The number of hydrogen-bond donors (Lipinski definition) is 0. The molecule has 4 nitrogen and oxygen atoms in total. The maximum absolute atomic E-state index is 5.93. The lowest BCUT2D eigenvalue weighted by Crippen LogP contribution is -2.23. The van der Waals surface area contributed by atoms with E-state index in [-0.39, 0.29) is 0 Å². The smallest absolute Gasteiger partial charge is 0.147 e. The van der Waals surface area contributed by atoms with E-state index < -0.39 is 5.60 Å². The van der Waals surface area contributed by atoms with Crippen LogP contribution in [0.15, 0.2) is 36.7 Å². The monoisotopic (exact) mass is 292 g/mol. The van der Waals surface area contributed by atoms with E-state index in [1.54, 1.807) is 13.3 Å². The van der Waals surface area contributed by atoms with Crippen LogP contribution in [0.4, 0.5) is 0 Å². The molecule has 0 aliphatic carbocycles. The molecule has 0 amide bonds. The molecule has 0 aliphatic heterocycles. The minimum atomic E-state index is -0.530. The molecule has 0 aliphatic rings. The fourth-order valence-electron chi connectivity index (χ4n) is 1.68. The van der Waals surface area contributed by atoms with Crippen molar-refractivity contribution in [1.82, 2.24) is 9.97 Å². The van der Waals surface area contributed by atoms with Gasteiger partial charge in [0.15, 0.2) is 0 Å². The summed E-state index contributed by atoms with van der Waals surface area (Å²) < 4.78 is 11.1. The molecule has 0 fully saturated rings. The summed E-state index contributed by atoms with van der Waals surface area (Å²) in [6.07, 6.45) is 3.16. The van der Waals surface area contributed by atoms with Crippen molar-refractivity contribution in [2.75, 3.05) is 7.11 Å². The summed E-state index contributed by atoms with van der Waals surface area (Å²) in [5.74, 6) is 0.830. The zero-order valence-electron chi connectivity index (χ0n) is 11.8. The molecule has 20 heavy (non-hydrogen) atoms. The Morgan fingerprint density at radius 1 is 1.10 bits per heavy atom. The largest absolute Gasteiger partial charge is 0.497 e. The van der Waals surface area contributed by atoms with Crippen molar-refractivity contribution in [3.05, 3.63) is 53.1 Å². The minimum Gasteiger partial charge on any atom is -0.497 e. The highest BCUT2D eigenvalue weighted by atomic mass is 35.5. The van der Waals surface area contributed by atoms with Crippen LogP contribution in [0.3, 0.4) is 0 Å². The lowest BCUT2D eigenvalue weighted by Gasteiger charge is -2.24. The second-order valence-electron chi connectivity index (χ2n) is 4.87. The van der Waals surface area contributed by atoms with Gasteiger partial charge in [0.05, 0.1) is 31.8 Å². The maximum atomic E-state index is 5.93. The summed E-state index contributed by atoms with van der Waals surface area (Å²) >= 11 is 5.74. The molecule has 0 saturated heterocycles. The van der Waals surface area contributed by atoms with Crippen LogP contribution in [0.25, 0.3) is 0 Å². The van der Waals surface area contributed by atoms with Crippen molar-refractivity contribution in [2.24, 2.45) is 0 Å². The van der Waals surface area contributed by atoms with Crippen molar-refractivity contribution in [2.45, 2.75) is 26.1 Å². The van der Waals surface area contributed by atoms with Gasteiger partial charge >= 0.3 is 0 Å². The van der Waals surface area contributed by atoms with Gasteiger partial charge in [-0.05, 0) is 31.5 Å². The number of benzene rings is 1. The quantitative estimate of drug-likeness (QED) is 0.845. The highest BCUT2D eigenvalue weighted by Crippen LogP contribution is 2.24. The van der Waals surface area contributed by atoms with Crippen LogP contribution >= 0.6 is 11.6 Å². The number of rotatable bonds is 5. The van der Waals surface area contributed by atoms with Crippen molar-refractivity contribution in [3.63, 3.8) is 0 Å². The third-order valence-corrected chi connectivity index (χ3v) is 3.19. The third-order valence-electron chi connectivity index (χ3n) is 3.00. The maximum Gasteiger partial charge on any atom is 0.147 e. The number of hydrogen-bond acceptors (Lipinski definition) is 4. The number of methoxy groups -OCH3 is 1. The molecule has 0 spiro atoms. The van der Waals surface area contributed by atoms with Gasteiger partial charge in [-0.15, -0.1) is 0 Å². The van der Waals surface area contributed by atoms with Gasteiger partial charge in [-0.25, -0.2) is 4.98 Å². The molecule has 2 aromatic rings. The molecule has 0 bridgehead atoms. The molecule has 1 aromatic heterocycles. The Morgan fingerprint density at radius 3 is 2.35 bits per heavy atom. The predicted octanol–water partition coefficient (Wildman–Crippen LogP) is 3.59. The van der Waals surface area contributed by atoms with Crippen molar-refractivity contribution in [3.8, 4) is 5.75 Å². The van der Waals surface area contributed by atoms with Gasteiger partial charge in [-0.3, -0.25) is 4.98 Å². The minimum absolute atomic E-state index is 0.375. The first-order chi connectivity index (χ1) is 9.51. The lowest BCUT2D eigenvalue weighted by molar-refractivity contribution is -0.0370. The molecule has 0 unspecified atom stereocenters. The van der Waals surface area contributed by atoms with E-state index in [1.807, 2.05) is 38.1 Å². The zero-order valence-corrected chi connectivity index (χ0v) is 12.5. The summed E-state index contributed by atoms with van der Waals surface area (Å²) in [7, 11) is 1.65. The molecular weight excluding hydrogens is 276 g/mol. The van der Waals surface area contributed by atoms with Crippen molar-refractivity contribution >= 4 is 11.6 Å². The number of aromatic nitrogens is 2. The van der Waals surface area contributed by atoms with Crippen LogP contribution in [-0.4, -0.2) is 17.1 Å². The Balaban J connectivity index is 2.02. The van der Waals surface area contributed by atoms with Gasteiger partial charge < -0.3 is 9.47 Å². The first-order valence-electron chi connectivity index (χ1n) is 6.26. The van der Waals surface area contributed by atoms with Crippen LogP contribution in [0.5, 0.6) is 5.75 Å². The molecule has 0 N–H and O–H groups in total. The van der Waals surface area contributed by atoms with E-state index in [9.17, 15) is 0 Å². The summed E-state index contributed by atoms with van der Waals surface area (Å²) in [6.45, 7) is 4.39. The summed E-state index contributed by atoms with van der Waals surface area (Å²) in [5.41, 5.74) is 1.29. The normalized spacial score (nSPS) is 11.4. The average molecular weight is 293 g/mol. The Bertz CT molecular complexity index is 553. The number of nitrogens with zero attached hydrogens (tertiary/aromatic N) is 2. The Kier molecular flexibility index (Phi) is 4.57. The standard InChI is InChI=1S/C15H17ClN2O2/c1-15(2,13-8-18-14(16)9-17-13)20-10-11-4-6-12(19-3)7-5-11/h4-9H,10H2,1-3H3. The van der Waals surface area contributed by atoms with Gasteiger partial charge in [0.2, 0.25) is 0 Å². The van der Waals surface area contributed by atoms with E-state index in [4.69, 9.17) is 21.1 Å². The highest BCUT2D eigenvalue weighted by molar-refractivity contribution is 6.29. The van der Waals surface area contributed by atoms with E-state index >= 15 is 0 Å². The molecule has 106 valence electrons. The van der Waals surface area contributed by atoms with Gasteiger partial charge in [0.25, 0.3) is 0 Å². The van der Waals surface area contributed by atoms with E-state index in [1.165, 1.54) is 6.20 Å². The molecule has 1 aromatic carbocycles. The van der Waals surface area contributed by atoms with E-state index in [0.29, 0.717) is 11.8 Å². The van der Waals surface area contributed by atoms with Crippen LogP contribution in [0.2, 0.25) is 5.15 Å². The van der Waals surface area contributed by atoms with Crippen LogP contribution in [0, 0.1) is 0 Å². The van der Waals surface area contributed by atoms with Gasteiger partial charge in [0.1, 0.15) is 16.5 Å². The van der Waals surface area contributed by atoms with Crippen molar-refractivity contribution in [1.29, 1.82) is 0 Å². The number of ether oxygens (including phenoxy) is 2. The van der Waals surface area contributed by atoms with E-state index in [2.05, 4.69) is 9.97 Å². The Hall–Kier alpha value is -1.65. The third kappa shape index (κ3) is 3.68. The van der Waals surface area contributed by atoms with E-state index in [0.717, 1.165) is 17.0 Å². The van der Waals surface area contributed by atoms with Crippen LogP contribution < -0.4 is 4.74 Å². The Morgan fingerprint density at radius 2 is 1.80 bits per heavy atom. The van der Waals surface area contributed by atoms with Gasteiger partial charge in [-0.1, -0.05) is 23.7 Å². The molecule has 0 saturated carbocycles. The van der Waals surface area contributed by atoms with Crippen molar-refractivity contribution < 1.29 is 9.47 Å². The molecule has 1 heterocycles. The van der Waals surface area contributed by atoms with Gasteiger partial charge in [-0.2, -0.15) is 0 Å². The molecule has 5 heteroatoms. The fraction of sp³-hybridized carbons (Fsp3) is 0.333. The first-order valence-corrected chi connectivity index (χ1v) is 6.64. The summed E-state index contributed by atoms with van der Waals surface area (Å²) in [5, 5.41) is 0.375. The topological polar surface area (TPSA) is 44.2 Å². The second kappa shape index (κ2) is 6.20. The fourth-order valence-corrected chi connectivity index (χ4v) is 1.78. The summed E-state index contributed by atoms with van der Waals surface area (Å²) in [6, 6.07) is 7.77. The summed E-state index contributed by atoms with van der Waals surface area (Å²) in [4.78, 5) is 8.28. The second-order valence-corrected chi connectivity index (χ2v) is 5.26. The van der Waals surface area contributed by atoms with Crippen LogP contribution in [-0.2, 0) is 16.9 Å². The first kappa shape index (κ1) is 14.8. The predicted molar refractivity (Wildman–Crippen MR) is 77.9 cm³/mol. The zero-order chi connectivity index (χ0) is 14.6. The Labute approximate surface area is 123 Å². The molecule has 2 rings (SSSR count). The number of halogens is 1. The SMILES string of the molecule is COc1ccc(COC(C)(C)c2cnc(Cl)cn2)cc1. The van der Waals surface area contributed by atoms with Crippen LogP contribution in [0.1, 0.15) is 25.1 Å². The molecule has 0 radical (unpaired) electrons. The molecule has 0 atom stereocenters. The van der Waals surface area contributed by atoms with Gasteiger partial charge in [0, 0.05) is 0 Å². The highest BCUT2D eigenvalue weighted by Gasteiger charge is 2.23. The lowest BCUT2D eigenvalue weighted by atomic mass is 10.1. The average Bonchev–Trinajstić information content (AvgIpc) is 2.46. The molecular formula is C15H17ClN2O2.